The fourth-order valence-corrected chi connectivity index (χ4v) is 4.96. The Morgan fingerprint density at radius 2 is 2.09 bits per heavy atom. The number of aromatic nitrogens is 2. The number of amides is 1. The third-order valence-corrected chi connectivity index (χ3v) is 6.43. The first-order valence-electron chi connectivity index (χ1n) is 10.6. The molecule has 0 bridgehead atoms. The number of carbonyl (C=O) groups is 2. The van der Waals surface area contributed by atoms with E-state index in [0.29, 0.717) is 10.6 Å². The van der Waals surface area contributed by atoms with Crippen molar-refractivity contribution in [2.24, 2.45) is 0 Å². The van der Waals surface area contributed by atoms with Crippen LogP contribution < -0.4 is 10.1 Å². The molecule has 0 radical (unpaired) electrons. The van der Waals surface area contributed by atoms with Crippen LogP contribution in [0.1, 0.15) is 51.1 Å². The molecule has 3 aromatic rings. The molecule has 178 valence electrons. The van der Waals surface area contributed by atoms with Crippen molar-refractivity contribution in [3.8, 4) is 5.75 Å². The monoisotopic (exact) mass is 488 g/mol. The van der Waals surface area contributed by atoms with Crippen LogP contribution in [-0.2, 0) is 24.3 Å². The van der Waals surface area contributed by atoms with Crippen LogP contribution in [0.25, 0.3) is 0 Å². The lowest BCUT2D eigenvalue weighted by Crippen LogP contribution is -2.17. The van der Waals surface area contributed by atoms with Gasteiger partial charge in [0.1, 0.15) is 10.8 Å². The van der Waals surface area contributed by atoms with Gasteiger partial charge in [0.05, 0.1) is 17.1 Å². The molecule has 1 amide bonds. The average molecular weight is 488 g/mol. The van der Waals surface area contributed by atoms with E-state index in [-0.39, 0.29) is 30.5 Å². The molecule has 34 heavy (non-hydrogen) atoms. The number of hydrogen-bond acceptors (Lipinski definition) is 8. The van der Waals surface area contributed by atoms with E-state index >= 15 is 0 Å². The molecule has 1 aromatic carbocycles. The molecule has 1 aliphatic rings. The molecule has 1 N–H and O–H groups in total. The summed E-state index contributed by atoms with van der Waals surface area (Å²) in [5.74, 6) is -1.93. The zero-order valence-electron chi connectivity index (χ0n) is 18.2. The van der Waals surface area contributed by atoms with Gasteiger partial charge in [-0.2, -0.15) is 5.10 Å². The largest absolute Gasteiger partial charge is 0.464 e. The van der Waals surface area contributed by atoms with Crippen LogP contribution in [0.5, 0.6) is 5.75 Å². The Kier molecular flexibility index (Phi) is 6.87. The lowest BCUT2D eigenvalue weighted by Gasteiger charge is -2.12. The van der Waals surface area contributed by atoms with Crippen LogP contribution >= 0.6 is 11.3 Å². The van der Waals surface area contributed by atoms with Gasteiger partial charge in [0.15, 0.2) is 12.4 Å². The minimum atomic E-state index is -0.683. The standard InChI is InChI=1S/C22H21FN4O6S/c1-2-32-22(29)19-14-5-3-4-6-18(14)34-21(19)24-20(28)15-9-10-26(25-15)12-33-17-11-13(23)7-8-16(17)27(30)31/h7-11H,2-6,12H2,1H3,(H,24,28). The molecular weight excluding hydrogens is 467 g/mol. The molecule has 1 aliphatic carbocycles. The molecule has 0 spiro atoms. The number of nitrogens with zero attached hydrogens (tertiary/aromatic N) is 3. The number of esters is 1. The molecule has 12 heteroatoms. The van der Waals surface area contributed by atoms with E-state index in [1.54, 1.807) is 6.92 Å². The number of rotatable bonds is 8. The molecule has 0 unspecified atom stereocenters. The number of nitro benzene ring substituents is 1. The summed E-state index contributed by atoms with van der Waals surface area (Å²) in [6.07, 6.45) is 5.05. The van der Waals surface area contributed by atoms with Crippen LogP contribution in [0.4, 0.5) is 15.1 Å². The molecule has 4 rings (SSSR count). The predicted octanol–water partition coefficient (Wildman–Crippen LogP) is 4.34. The van der Waals surface area contributed by atoms with E-state index in [9.17, 15) is 24.1 Å². The maximum atomic E-state index is 13.5. The second-order valence-corrected chi connectivity index (χ2v) is 8.58. The zero-order valence-corrected chi connectivity index (χ0v) is 19.0. The molecule has 0 saturated carbocycles. The summed E-state index contributed by atoms with van der Waals surface area (Å²) in [5.41, 5.74) is 0.995. The van der Waals surface area contributed by atoms with Crippen molar-refractivity contribution >= 4 is 33.9 Å². The number of hydrogen-bond donors (Lipinski definition) is 1. The number of thiophene rings is 1. The van der Waals surface area contributed by atoms with Gasteiger partial charge in [-0.15, -0.1) is 11.3 Å². The Morgan fingerprint density at radius 1 is 1.29 bits per heavy atom. The summed E-state index contributed by atoms with van der Waals surface area (Å²) in [7, 11) is 0. The summed E-state index contributed by atoms with van der Waals surface area (Å²) in [4.78, 5) is 36.9. The summed E-state index contributed by atoms with van der Waals surface area (Å²) < 4.78 is 25.2. The van der Waals surface area contributed by atoms with Gasteiger partial charge in [0.2, 0.25) is 5.75 Å². The smallest absolute Gasteiger partial charge is 0.341 e. The van der Waals surface area contributed by atoms with E-state index in [1.807, 2.05) is 0 Å². The average Bonchev–Trinajstić information content (AvgIpc) is 3.42. The van der Waals surface area contributed by atoms with Crippen LogP contribution in [0.15, 0.2) is 30.5 Å². The molecule has 2 aromatic heterocycles. The Labute approximate surface area is 197 Å². The van der Waals surface area contributed by atoms with Gasteiger partial charge in [-0.1, -0.05) is 0 Å². The summed E-state index contributed by atoms with van der Waals surface area (Å²) in [6.45, 7) is 1.67. The van der Waals surface area contributed by atoms with Crippen molar-refractivity contribution in [2.75, 3.05) is 11.9 Å². The SMILES string of the molecule is CCOC(=O)c1c(NC(=O)c2ccn(COc3cc(F)ccc3[N+](=O)[O-])n2)sc2c1CCCC2. The quantitative estimate of drug-likeness (QED) is 0.284. The number of fused-ring (bicyclic) bond motifs is 1. The lowest BCUT2D eigenvalue weighted by atomic mass is 9.95. The van der Waals surface area contributed by atoms with Crippen molar-refractivity contribution in [3.05, 3.63) is 68.1 Å². The number of anilines is 1. The van der Waals surface area contributed by atoms with Crippen LogP contribution in [-0.4, -0.2) is 33.2 Å². The Hall–Kier alpha value is -3.80. The van der Waals surface area contributed by atoms with Crippen molar-refractivity contribution in [2.45, 2.75) is 39.3 Å². The molecular formula is C22H21FN4O6S. The number of aryl methyl sites for hydroxylation is 1. The van der Waals surface area contributed by atoms with Crippen molar-refractivity contribution in [1.82, 2.24) is 9.78 Å². The topological polar surface area (TPSA) is 126 Å². The normalized spacial score (nSPS) is 12.6. The summed E-state index contributed by atoms with van der Waals surface area (Å²) in [5, 5.41) is 18.4. The highest BCUT2D eigenvalue weighted by Gasteiger charge is 2.28. The lowest BCUT2D eigenvalue weighted by molar-refractivity contribution is -0.386. The predicted molar refractivity (Wildman–Crippen MR) is 121 cm³/mol. The molecule has 2 heterocycles. The number of nitro groups is 1. The fraction of sp³-hybridized carbons (Fsp3) is 0.318. The van der Waals surface area contributed by atoms with E-state index in [4.69, 9.17) is 9.47 Å². The van der Waals surface area contributed by atoms with Gasteiger partial charge in [-0.25, -0.2) is 13.9 Å². The summed E-state index contributed by atoms with van der Waals surface area (Å²) in [6, 6.07) is 4.32. The van der Waals surface area contributed by atoms with Crippen LogP contribution in [0.2, 0.25) is 0 Å². The highest BCUT2D eigenvalue weighted by atomic mass is 32.1. The van der Waals surface area contributed by atoms with Gasteiger partial charge in [0.25, 0.3) is 5.91 Å². The summed E-state index contributed by atoms with van der Waals surface area (Å²) >= 11 is 1.37. The maximum absolute atomic E-state index is 13.5. The molecule has 0 aliphatic heterocycles. The Morgan fingerprint density at radius 3 is 2.85 bits per heavy atom. The third kappa shape index (κ3) is 4.91. The van der Waals surface area contributed by atoms with Gasteiger partial charge in [-0.3, -0.25) is 14.9 Å². The number of benzene rings is 1. The van der Waals surface area contributed by atoms with Crippen LogP contribution in [0, 0.1) is 15.9 Å². The highest BCUT2D eigenvalue weighted by Crippen LogP contribution is 2.38. The number of ether oxygens (including phenoxy) is 2. The van der Waals surface area contributed by atoms with Crippen molar-refractivity contribution in [1.29, 1.82) is 0 Å². The zero-order chi connectivity index (χ0) is 24.2. The van der Waals surface area contributed by atoms with Crippen LogP contribution in [0.3, 0.4) is 0 Å². The van der Waals surface area contributed by atoms with Gasteiger partial charge in [-0.05, 0) is 50.3 Å². The number of halogens is 1. The van der Waals surface area contributed by atoms with Gasteiger partial charge >= 0.3 is 11.7 Å². The number of nitrogens with one attached hydrogen (secondary N) is 1. The Bertz CT molecular complexity index is 1250. The molecule has 0 saturated heterocycles. The van der Waals surface area contributed by atoms with E-state index in [2.05, 4.69) is 10.4 Å². The van der Waals surface area contributed by atoms with Crippen molar-refractivity contribution in [3.63, 3.8) is 0 Å². The molecule has 10 nitrogen and oxygen atoms in total. The number of carbonyl (C=O) groups excluding carboxylic acids is 2. The first-order valence-corrected chi connectivity index (χ1v) is 11.4. The fourth-order valence-electron chi connectivity index (χ4n) is 3.69. The van der Waals surface area contributed by atoms with E-state index in [0.717, 1.165) is 54.3 Å². The van der Waals surface area contributed by atoms with Gasteiger partial charge in [0, 0.05) is 23.2 Å². The molecule has 0 fully saturated rings. The Balaban J connectivity index is 1.49. The molecule has 0 atom stereocenters. The van der Waals surface area contributed by atoms with E-state index < -0.39 is 22.6 Å². The second-order valence-electron chi connectivity index (χ2n) is 7.47. The first-order chi connectivity index (χ1) is 16.4. The van der Waals surface area contributed by atoms with E-state index in [1.165, 1.54) is 28.3 Å². The first kappa shape index (κ1) is 23.4. The minimum absolute atomic E-state index is 0.0542. The maximum Gasteiger partial charge on any atom is 0.341 e. The highest BCUT2D eigenvalue weighted by molar-refractivity contribution is 7.17. The third-order valence-electron chi connectivity index (χ3n) is 5.22. The minimum Gasteiger partial charge on any atom is -0.464 e. The van der Waals surface area contributed by atoms with Crippen molar-refractivity contribution < 1.29 is 28.4 Å². The van der Waals surface area contributed by atoms with Gasteiger partial charge < -0.3 is 14.8 Å². The second kappa shape index (κ2) is 10.00.